The first kappa shape index (κ1) is 19.6. The van der Waals surface area contributed by atoms with Crippen LogP contribution in [0.4, 0.5) is 15.9 Å². The highest BCUT2D eigenvalue weighted by Crippen LogP contribution is 2.22. The minimum absolute atomic E-state index is 0.0106. The number of hydrogen-bond acceptors (Lipinski definition) is 4. The fourth-order valence-corrected chi connectivity index (χ4v) is 2.79. The fraction of sp³-hybridized carbons (Fsp3) is 0.143. The largest absolute Gasteiger partial charge is 0.497 e. The molecule has 2 aromatic carbocycles. The maximum absolute atomic E-state index is 13.3. The van der Waals surface area contributed by atoms with E-state index in [0.29, 0.717) is 30.0 Å². The molecule has 0 spiro atoms. The van der Waals surface area contributed by atoms with Crippen LogP contribution in [-0.2, 0) is 6.42 Å². The van der Waals surface area contributed by atoms with Crippen LogP contribution in [0.1, 0.15) is 15.9 Å². The monoisotopic (exact) mass is 399 g/mol. The van der Waals surface area contributed by atoms with E-state index in [0.717, 1.165) is 11.3 Å². The van der Waals surface area contributed by atoms with Gasteiger partial charge in [0.05, 0.1) is 12.1 Å². The Labute approximate surface area is 167 Å². The van der Waals surface area contributed by atoms with Crippen LogP contribution in [0.5, 0.6) is 5.75 Å². The molecule has 0 saturated carbocycles. The van der Waals surface area contributed by atoms with Crippen molar-refractivity contribution in [3.63, 3.8) is 0 Å². The van der Waals surface area contributed by atoms with Crippen molar-refractivity contribution in [2.75, 3.05) is 19.0 Å². The number of ether oxygens (including phenoxy) is 1. The van der Waals surface area contributed by atoms with Crippen LogP contribution in [0.15, 0.2) is 60.8 Å². The van der Waals surface area contributed by atoms with Gasteiger partial charge >= 0.3 is 0 Å². The average Bonchev–Trinajstić information content (AvgIpc) is 2.71. The third-order valence-corrected chi connectivity index (χ3v) is 4.34. The number of halogens is 2. The summed E-state index contributed by atoms with van der Waals surface area (Å²) in [5, 5.41) is 5.90. The highest BCUT2D eigenvalue weighted by Gasteiger charge is 2.08. The molecule has 0 aliphatic heterocycles. The fourth-order valence-electron chi connectivity index (χ4n) is 2.61. The number of pyridine rings is 1. The lowest BCUT2D eigenvalue weighted by Gasteiger charge is -2.09. The molecule has 0 radical (unpaired) electrons. The molecule has 0 atom stereocenters. The number of nitrogens with one attached hydrogen (secondary N) is 2. The molecular formula is C21H19ClFN3O2. The Kier molecular flexibility index (Phi) is 6.45. The molecule has 1 amide bonds. The molecule has 1 aromatic heterocycles. The predicted octanol–water partition coefficient (Wildman–Crippen LogP) is 4.60. The SMILES string of the molecule is COc1cccc(CCNC(=O)c2ccnc(Nc3ccc(F)c(Cl)c3)c2)c1. The molecule has 0 fully saturated rings. The third-order valence-electron chi connectivity index (χ3n) is 4.05. The van der Waals surface area contributed by atoms with E-state index in [9.17, 15) is 9.18 Å². The van der Waals surface area contributed by atoms with Gasteiger partial charge in [-0.05, 0) is 54.4 Å². The van der Waals surface area contributed by atoms with E-state index in [1.807, 2.05) is 24.3 Å². The molecule has 0 bridgehead atoms. The number of rotatable bonds is 7. The maximum atomic E-state index is 13.3. The number of nitrogens with zero attached hydrogens (tertiary/aromatic N) is 1. The summed E-state index contributed by atoms with van der Waals surface area (Å²) in [4.78, 5) is 16.6. The summed E-state index contributed by atoms with van der Waals surface area (Å²) in [6.45, 7) is 0.491. The highest BCUT2D eigenvalue weighted by atomic mass is 35.5. The summed E-state index contributed by atoms with van der Waals surface area (Å²) in [7, 11) is 1.62. The van der Waals surface area contributed by atoms with Crippen molar-refractivity contribution in [3.8, 4) is 5.75 Å². The molecule has 3 rings (SSSR count). The van der Waals surface area contributed by atoms with E-state index >= 15 is 0 Å². The van der Waals surface area contributed by atoms with Gasteiger partial charge in [-0.25, -0.2) is 9.37 Å². The number of amides is 1. The highest BCUT2D eigenvalue weighted by molar-refractivity contribution is 6.31. The Bertz CT molecular complexity index is 981. The molecule has 28 heavy (non-hydrogen) atoms. The standard InChI is InChI=1S/C21H19ClFN3O2/c1-28-17-4-2-3-14(11-17)7-9-25-21(27)15-8-10-24-20(12-15)26-16-5-6-19(23)18(22)13-16/h2-6,8,10-13H,7,9H2,1H3,(H,24,26)(H,25,27). The molecular weight excluding hydrogens is 381 g/mol. The first-order chi connectivity index (χ1) is 13.5. The number of anilines is 2. The minimum atomic E-state index is -0.496. The predicted molar refractivity (Wildman–Crippen MR) is 108 cm³/mol. The topological polar surface area (TPSA) is 63.2 Å². The summed E-state index contributed by atoms with van der Waals surface area (Å²) in [5.74, 6) is 0.549. The van der Waals surface area contributed by atoms with Gasteiger partial charge in [-0.2, -0.15) is 0 Å². The first-order valence-corrected chi connectivity index (χ1v) is 9.02. The van der Waals surface area contributed by atoms with Gasteiger partial charge in [0.2, 0.25) is 0 Å². The van der Waals surface area contributed by atoms with Crippen LogP contribution in [0.2, 0.25) is 5.02 Å². The average molecular weight is 400 g/mol. The Morgan fingerprint density at radius 2 is 2.04 bits per heavy atom. The van der Waals surface area contributed by atoms with Crippen LogP contribution in [-0.4, -0.2) is 24.5 Å². The summed E-state index contributed by atoms with van der Waals surface area (Å²) in [6, 6.07) is 15.2. The quantitative estimate of drug-likeness (QED) is 0.609. The maximum Gasteiger partial charge on any atom is 0.251 e. The van der Waals surface area contributed by atoms with Gasteiger partial charge in [-0.3, -0.25) is 4.79 Å². The van der Waals surface area contributed by atoms with Crippen molar-refractivity contribution < 1.29 is 13.9 Å². The summed E-state index contributed by atoms with van der Waals surface area (Å²) in [5.41, 5.74) is 2.12. The second-order valence-electron chi connectivity index (χ2n) is 6.04. The van der Waals surface area contributed by atoms with Crippen molar-refractivity contribution in [3.05, 3.63) is 82.8 Å². The lowest BCUT2D eigenvalue weighted by atomic mass is 10.1. The zero-order valence-electron chi connectivity index (χ0n) is 15.2. The number of methoxy groups -OCH3 is 1. The summed E-state index contributed by atoms with van der Waals surface area (Å²) >= 11 is 5.78. The lowest BCUT2D eigenvalue weighted by molar-refractivity contribution is 0.0954. The number of carbonyl (C=O) groups is 1. The smallest absolute Gasteiger partial charge is 0.251 e. The Morgan fingerprint density at radius 1 is 1.18 bits per heavy atom. The third kappa shape index (κ3) is 5.20. The Balaban J connectivity index is 1.59. The van der Waals surface area contributed by atoms with Crippen molar-refractivity contribution >= 4 is 29.0 Å². The van der Waals surface area contributed by atoms with Crippen LogP contribution in [0.25, 0.3) is 0 Å². The van der Waals surface area contributed by atoms with E-state index in [-0.39, 0.29) is 10.9 Å². The number of carbonyl (C=O) groups excluding carboxylic acids is 1. The summed E-state index contributed by atoms with van der Waals surface area (Å²) < 4.78 is 18.5. The van der Waals surface area contributed by atoms with Crippen molar-refractivity contribution in [1.82, 2.24) is 10.3 Å². The Morgan fingerprint density at radius 3 is 2.82 bits per heavy atom. The van der Waals surface area contributed by atoms with Crippen molar-refractivity contribution in [2.45, 2.75) is 6.42 Å². The van der Waals surface area contributed by atoms with Gasteiger partial charge in [0.1, 0.15) is 17.4 Å². The second kappa shape index (κ2) is 9.19. The Hall–Kier alpha value is -3.12. The van der Waals surface area contributed by atoms with Crippen LogP contribution in [0.3, 0.4) is 0 Å². The van der Waals surface area contributed by atoms with Gasteiger partial charge in [-0.15, -0.1) is 0 Å². The van der Waals surface area contributed by atoms with Crippen LogP contribution < -0.4 is 15.4 Å². The zero-order chi connectivity index (χ0) is 19.9. The number of aromatic nitrogens is 1. The van der Waals surface area contributed by atoms with Gasteiger partial charge in [0.25, 0.3) is 5.91 Å². The molecule has 5 nitrogen and oxygen atoms in total. The van der Waals surface area contributed by atoms with E-state index in [1.54, 1.807) is 25.3 Å². The molecule has 0 unspecified atom stereocenters. The zero-order valence-corrected chi connectivity index (χ0v) is 16.0. The molecule has 0 aliphatic carbocycles. The number of benzene rings is 2. The van der Waals surface area contributed by atoms with Gasteiger partial charge in [0.15, 0.2) is 0 Å². The lowest BCUT2D eigenvalue weighted by Crippen LogP contribution is -2.25. The van der Waals surface area contributed by atoms with E-state index in [2.05, 4.69) is 15.6 Å². The van der Waals surface area contributed by atoms with Gasteiger partial charge < -0.3 is 15.4 Å². The minimum Gasteiger partial charge on any atom is -0.497 e. The molecule has 7 heteroatoms. The number of hydrogen-bond donors (Lipinski definition) is 2. The molecule has 2 N–H and O–H groups in total. The van der Waals surface area contributed by atoms with Crippen LogP contribution >= 0.6 is 11.6 Å². The van der Waals surface area contributed by atoms with Gasteiger partial charge in [0, 0.05) is 24.0 Å². The van der Waals surface area contributed by atoms with E-state index in [4.69, 9.17) is 16.3 Å². The molecule has 3 aromatic rings. The molecule has 1 heterocycles. The van der Waals surface area contributed by atoms with Crippen LogP contribution in [0, 0.1) is 5.82 Å². The van der Waals surface area contributed by atoms with E-state index in [1.165, 1.54) is 18.3 Å². The summed E-state index contributed by atoms with van der Waals surface area (Å²) in [6.07, 6.45) is 2.22. The molecule has 0 aliphatic rings. The second-order valence-corrected chi connectivity index (χ2v) is 6.45. The first-order valence-electron chi connectivity index (χ1n) is 8.64. The van der Waals surface area contributed by atoms with E-state index < -0.39 is 5.82 Å². The van der Waals surface area contributed by atoms with Crippen molar-refractivity contribution in [1.29, 1.82) is 0 Å². The van der Waals surface area contributed by atoms with Crippen molar-refractivity contribution in [2.24, 2.45) is 0 Å². The molecule has 144 valence electrons. The molecule has 0 saturated heterocycles. The van der Waals surface area contributed by atoms with Gasteiger partial charge in [-0.1, -0.05) is 23.7 Å². The normalized spacial score (nSPS) is 10.4.